The van der Waals surface area contributed by atoms with Crippen LogP contribution in [0.4, 0.5) is 0 Å². The van der Waals surface area contributed by atoms with Gasteiger partial charge in [-0.1, -0.05) is 35.5 Å². The van der Waals surface area contributed by atoms with Crippen molar-refractivity contribution in [3.8, 4) is 0 Å². The molecule has 18 heavy (non-hydrogen) atoms. The molecule has 0 saturated carbocycles. The molecule has 1 N–H and O–H groups in total. The van der Waals surface area contributed by atoms with Crippen LogP contribution in [-0.2, 0) is 6.42 Å². The van der Waals surface area contributed by atoms with Crippen LogP contribution < -0.4 is 5.56 Å². The van der Waals surface area contributed by atoms with E-state index in [1.807, 2.05) is 30.5 Å². The summed E-state index contributed by atoms with van der Waals surface area (Å²) in [7, 11) is 0. The molecule has 6 heteroatoms. The third kappa shape index (κ3) is 3.77. The Hall–Kier alpha value is -0.970. The number of nitrogens with one attached hydrogen (secondary N) is 1. The summed E-state index contributed by atoms with van der Waals surface area (Å²) in [5.41, 5.74) is 1.61. The van der Waals surface area contributed by atoms with Gasteiger partial charge in [0.25, 0.3) is 5.56 Å². The Morgan fingerprint density at radius 3 is 2.56 bits per heavy atom. The van der Waals surface area contributed by atoms with E-state index in [0.29, 0.717) is 22.2 Å². The largest absolute Gasteiger partial charge is 0.301 e. The standard InChI is InChI=1S/C12H11ClN2OS.ClH/c1-17-12-14-7-9(11(16)15-12)6-8-2-4-10(13)5-3-8;/h2-5,7H,6H2,1H3,(H,14,15,16);1H. The van der Waals surface area contributed by atoms with Gasteiger partial charge in [-0.25, -0.2) is 4.98 Å². The van der Waals surface area contributed by atoms with Crippen molar-refractivity contribution in [1.29, 1.82) is 0 Å². The normalized spacial score (nSPS) is 9.89. The minimum atomic E-state index is -0.0840. The lowest BCUT2D eigenvalue weighted by molar-refractivity contribution is 0.902. The van der Waals surface area contributed by atoms with Gasteiger partial charge in [-0.2, -0.15) is 0 Å². The number of hydrogen-bond acceptors (Lipinski definition) is 3. The van der Waals surface area contributed by atoms with Gasteiger partial charge in [-0.3, -0.25) is 4.79 Å². The van der Waals surface area contributed by atoms with Crippen molar-refractivity contribution < 1.29 is 0 Å². The number of thioether (sulfide) groups is 1. The maximum Gasteiger partial charge on any atom is 0.255 e. The number of hydrogen-bond donors (Lipinski definition) is 1. The van der Waals surface area contributed by atoms with Gasteiger partial charge >= 0.3 is 0 Å². The second-order valence-electron chi connectivity index (χ2n) is 3.55. The Morgan fingerprint density at radius 1 is 1.33 bits per heavy atom. The van der Waals surface area contributed by atoms with Crippen LogP contribution in [0.2, 0.25) is 5.02 Å². The van der Waals surface area contributed by atoms with Crippen LogP contribution >= 0.6 is 35.8 Å². The first-order valence-corrected chi connectivity index (χ1v) is 6.66. The number of aromatic amines is 1. The van der Waals surface area contributed by atoms with Crippen molar-refractivity contribution in [2.24, 2.45) is 0 Å². The number of rotatable bonds is 3. The molecule has 0 aliphatic carbocycles. The number of H-pyrrole nitrogens is 1. The molecular formula is C12H12Cl2N2OS. The molecule has 0 amide bonds. The van der Waals surface area contributed by atoms with Crippen molar-refractivity contribution in [2.45, 2.75) is 11.6 Å². The zero-order valence-electron chi connectivity index (χ0n) is 9.64. The predicted molar refractivity (Wildman–Crippen MR) is 78.1 cm³/mol. The molecule has 0 radical (unpaired) electrons. The lowest BCUT2D eigenvalue weighted by atomic mass is 10.1. The van der Waals surface area contributed by atoms with E-state index in [1.54, 1.807) is 6.20 Å². The van der Waals surface area contributed by atoms with Crippen LogP contribution in [-0.4, -0.2) is 16.2 Å². The minimum Gasteiger partial charge on any atom is -0.301 e. The SMILES string of the molecule is CSc1ncc(Cc2ccc(Cl)cc2)c(=O)[nH]1.Cl. The first-order chi connectivity index (χ1) is 8.19. The number of benzene rings is 1. The molecular weight excluding hydrogens is 291 g/mol. The van der Waals surface area contributed by atoms with Crippen LogP contribution in [0.25, 0.3) is 0 Å². The molecule has 1 heterocycles. The molecule has 2 rings (SSSR count). The van der Waals surface area contributed by atoms with Gasteiger partial charge in [-0.05, 0) is 24.0 Å². The van der Waals surface area contributed by atoms with Gasteiger partial charge in [0.15, 0.2) is 5.16 Å². The average Bonchev–Trinajstić information content (AvgIpc) is 2.34. The maximum atomic E-state index is 11.7. The highest BCUT2D eigenvalue weighted by Crippen LogP contribution is 2.12. The third-order valence-electron chi connectivity index (χ3n) is 2.35. The van der Waals surface area contributed by atoms with E-state index in [-0.39, 0.29) is 18.0 Å². The molecule has 1 aromatic heterocycles. The highest BCUT2D eigenvalue weighted by molar-refractivity contribution is 7.98. The van der Waals surface area contributed by atoms with Gasteiger partial charge in [0.1, 0.15) is 0 Å². The van der Waals surface area contributed by atoms with Crippen molar-refractivity contribution in [1.82, 2.24) is 9.97 Å². The van der Waals surface area contributed by atoms with Gasteiger partial charge in [0, 0.05) is 23.2 Å². The quantitative estimate of drug-likeness (QED) is 0.700. The molecule has 1 aromatic carbocycles. The Kier molecular flexibility index (Phi) is 5.72. The van der Waals surface area contributed by atoms with E-state index in [9.17, 15) is 4.79 Å². The van der Waals surface area contributed by atoms with E-state index in [0.717, 1.165) is 5.56 Å². The predicted octanol–water partition coefficient (Wildman–Crippen LogP) is 3.16. The van der Waals surface area contributed by atoms with Crippen LogP contribution in [0, 0.1) is 0 Å². The lowest BCUT2D eigenvalue weighted by Gasteiger charge is -2.02. The highest BCUT2D eigenvalue weighted by atomic mass is 35.5. The zero-order valence-corrected chi connectivity index (χ0v) is 12.0. The fraction of sp³-hybridized carbons (Fsp3) is 0.167. The van der Waals surface area contributed by atoms with Gasteiger partial charge in [0.05, 0.1) is 0 Å². The van der Waals surface area contributed by atoms with Crippen molar-refractivity contribution in [3.05, 3.63) is 57.0 Å². The van der Waals surface area contributed by atoms with Gasteiger partial charge in [-0.15, -0.1) is 12.4 Å². The first kappa shape index (κ1) is 15.1. The van der Waals surface area contributed by atoms with E-state index < -0.39 is 0 Å². The molecule has 0 spiro atoms. The minimum absolute atomic E-state index is 0. The fourth-order valence-electron chi connectivity index (χ4n) is 1.46. The molecule has 0 saturated heterocycles. The average molecular weight is 303 g/mol. The molecule has 0 bridgehead atoms. The summed E-state index contributed by atoms with van der Waals surface area (Å²) in [4.78, 5) is 18.6. The Bertz CT molecular complexity index is 569. The monoisotopic (exact) mass is 302 g/mol. The summed E-state index contributed by atoms with van der Waals surface area (Å²) in [5.74, 6) is 0. The molecule has 0 atom stereocenters. The first-order valence-electron chi connectivity index (χ1n) is 5.05. The number of nitrogens with zero attached hydrogens (tertiary/aromatic N) is 1. The zero-order chi connectivity index (χ0) is 12.3. The second-order valence-corrected chi connectivity index (χ2v) is 4.78. The number of aromatic nitrogens is 2. The summed E-state index contributed by atoms with van der Waals surface area (Å²) in [6.45, 7) is 0. The molecule has 0 unspecified atom stereocenters. The maximum absolute atomic E-state index is 11.7. The van der Waals surface area contributed by atoms with Crippen molar-refractivity contribution >= 4 is 35.8 Å². The Labute approximate surface area is 120 Å². The van der Waals surface area contributed by atoms with Crippen LogP contribution in [0.15, 0.2) is 40.4 Å². The smallest absolute Gasteiger partial charge is 0.255 e. The van der Waals surface area contributed by atoms with E-state index in [1.165, 1.54) is 11.8 Å². The summed E-state index contributed by atoms with van der Waals surface area (Å²) < 4.78 is 0. The summed E-state index contributed by atoms with van der Waals surface area (Å²) in [6.07, 6.45) is 4.06. The van der Waals surface area contributed by atoms with Gasteiger partial charge in [0.2, 0.25) is 0 Å². The molecule has 0 aliphatic rings. The summed E-state index contributed by atoms with van der Waals surface area (Å²) in [6, 6.07) is 7.44. The summed E-state index contributed by atoms with van der Waals surface area (Å²) in [5, 5.41) is 1.33. The van der Waals surface area contributed by atoms with E-state index in [4.69, 9.17) is 11.6 Å². The third-order valence-corrected chi connectivity index (χ3v) is 3.20. The number of halogens is 2. The topological polar surface area (TPSA) is 45.8 Å². The van der Waals surface area contributed by atoms with Crippen molar-refractivity contribution in [3.63, 3.8) is 0 Å². The fourth-order valence-corrected chi connectivity index (χ4v) is 1.94. The molecule has 0 fully saturated rings. The Morgan fingerprint density at radius 2 is 2.00 bits per heavy atom. The molecule has 0 aliphatic heterocycles. The van der Waals surface area contributed by atoms with Crippen LogP contribution in [0.5, 0.6) is 0 Å². The molecule has 3 nitrogen and oxygen atoms in total. The van der Waals surface area contributed by atoms with E-state index in [2.05, 4.69) is 9.97 Å². The lowest BCUT2D eigenvalue weighted by Crippen LogP contribution is -2.14. The van der Waals surface area contributed by atoms with E-state index >= 15 is 0 Å². The second kappa shape index (κ2) is 6.83. The van der Waals surface area contributed by atoms with Crippen LogP contribution in [0.3, 0.4) is 0 Å². The van der Waals surface area contributed by atoms with Crippen LogP contribution in [0.1, 0.15) is 11.1 Å². The van der Waals surface area contributed by atoms with Crippen molar-refractivity contribution in [2.75, 3.05) is 6.26 Å². The van der Waals surface area contributed by atoms with Gasteiger partial charge < -0.3 is 4.98 Å². The molecule has 96 valence electrons. The molecule has 2 aromatic rings. The summed E-state index contributed by atoms with van der Waals surface area (Å²) >= 11 is 7.22. The Balaban J connectivity index is 0.00000162. The highest BCUT2D eigenvalue weighted by Gasteiger charge is 2.03.